The van der Waals surface area contributed by atoms with E-state index in [0.717, 1.165) is 25.1 Å². The molecule has 18 heavy (non-hydrogen) atoms. The Kier molecular flexibility index (Phi) is 4.96. The van der Waals surface area contributed by atoms with E-state index < -0.39 is 0 Å². The van der Waals surface area contributed by atoms with Gasteiger partial charge in [0.05, 0.1) is 24.3 Å². The quantitative estimate of drug-likeness (QED) is 0.785. The maximum atomic E-state index is 13.0. The molecule has 1 N–H and O–H groups in total. The van der Waals surface area contributed by atoms with E-state index in [2.05, 4.69) is 11.4 Å². The lowest BCUT2D eigenvalue weighted by Crippen LogP contribution is -2.11. The second-order valence-electron chi connectivity index (χ2n) is 4.87. The van der Waals surface area contributed by atoms with Crippen LogP contribution in [-0.2, 0) is 0 Å². The lowest BCUT2D eigenvalue weighted by atomic mass is 9.90. The van der Waals surface area contributed by atoms with E-state index in [1.165, 1.54) is 19.2 Å². The number of benzene rings is 1. The Bertz CT molecular complexity index is 438. The second-order valence-corrected chi connectivity index (χ2v) is 4.87. The second kappa shape index (κ2) is 6.25. The van der Waals surface area contributed by atoms with Crippen LogP contribution in [0.15, 0.2) is 18.2 Å². The van der Waals surface area contributed by atoms with Crippen LogP contribution in [-0.4, -0.2) is 13.7 Å². The smallest absolute Gasteiger partial charge is 0.144 e. The van der Waals surface area contributed by atoms with Gasteiger partial charge in [-0.1, -0.05) is 0 Å². The number of ether oxygens (including phenoxy) is 1. The Hall–Kier alpha value is -1.76. The van der Waals surface area contributed by atoms with Gasteiger partial charge >= 0.3 is 0 Å². The molecule has 1 aromatic carbocycles. The van der Waals surface area contributed by atoms with Crippen LogP contribution in [0.4, 0.5) is 10.1 Å². The molecule has 0 saturated heterocycles. The molecule has 0 amide bonds. The molecule has 0 spiro atoms. The summed E-state index contributed by atoms with van der Waals surface area (Å²) in [5, 5.41) is 12.1. The van der Waals surface area contributed by atoms with Gasteiger partial charge in [-0.25, -0.2) is 4.39 Å². The predicted octanol–water partition coefficient (Wildman–Crippen LogP) is 3.58. The average molecular weight is 250 g/mol. The molecule has 1 aromatic rings. The molecule has 0 unspecified atom stereocenters. The molecule has 1 rings (SSSR count). The van der Waals surface area contributed by atoms with E-state index in [1.807, 2.05) is 13.8 Å². The van der Waals surface area contributed by atoms with Crippen LogP contribution >= 0.6 is 0 Å². The third-order valence-electron chi connectivity index (χ3n) is 2.76. The third kappa shape index (κ3) is 4.25. The summed E-state index contributed by atoms with van der Waals surface area (Å²) in [7, 11) is 1.51. The van der Waals surface area contributed by atoms with Gasteiger partial charge in [0.2, 0.25) is 0 Å². The molecule has 0 heterocycles. The van der Waals surface area contributed by atoms with Gasteiger partial charge in [-0.3, -0.25) is 0 Å². The summed E-state index contributed by atoms with van der Waals surface area (Å²) < 4.78 is 18.1. The van der Waals surface area contributed by atoms with Gasteiger partial charge in [0.15, 0.2) is 0 Å². The lowest BCUT2D eigenvalue weighted by molar-refractivity contribution is 0.412. The van der Waals surface area contributed by atoms with Crippen LogP contribution in [0.2, 0.25) is 0 Å². The zero-order chi connectivity index (χ0) is 13.6. The van der Waals surface area contributed by atoms with Crippen molar-refractivity contribution in [2.45, 2.75) is 26.7 Å². The molecule has 98 valence electrons. The zero-order valence-electron chi connectivity index (χ0n) is 11.1. The minimum Gasteiger partial charge on any atom is -0.494 e. The van der Waals surface area contributed by atoms with Crippen molar-refractivity contribution in [1.82, 2.24) is 0 Å². The largest absolute Gasteiger partial charge is 0.494 e. The van der Waals surface area contributed by atoms with E-state index in [-0.39, 0.29) is 11.2 Å². The van der Waals surface area contributed by atoms with Gasteiger partial charge in [-0.15, -0.1) is 0 Å². The SMILES string of the molecule is COc1cc(F)ccc1NCCCC(C)(C)C#N. The predicted molar refractivity (Wildman–Crippen MR) is 70.1 cm³/mol. The Morgan fingerprint density at radius 1 is 1.44 bits per heavy atom. The van der Waals surface area contributed by atoms with Crippen molar-refractivity contribution >= 4 is 5.69 Å². The lowest BCUT2D eigenvalue weighted by Gasteiger charge is -2.16. The first-order chi connectivity index (χ1) is 8.48. The van der Waals surface area contributed by atoms with Gasteiger partial charge in [0.25, 0.3) is 0 Å². The maximum absolute atomic E-state index is 13.0. The first-order valence-corrected chi connectivity index (χ1v) is 5.97. The monoisotopic (exact) mass is 250 g/mol. The fourth-order valence-electron chi connectivity index (χ4n) is 1.62. The minimum absolute atomic E-state index is 0.297. The van der Waals surface area contributed by atoms with E-state index in [4.69, 9.17) is 10.00 Å². The maximum Gasteiger partial charge on any atom is 0.144 e. The standard InChI is InChI=1S/C14H19FN2O/c1-14(2,10-16)7-4-8-17-12-6-5-11(15)9-13(12)18-3/h5-6,9,17H,4,7-8H2,1-3H3. The van der Waals surface area contributed by atoms with Crippen LogP contribution in [0.5, 0.6) is 5.75 Å². The molecule has 0 bridgehead atoms. The molecule has 0 aliphatic carbocycles. The highest BCUT2D eigenvalue weighted by Gasteiger charge is 2.15. The first kappa shape index (κ1) is 14.3. The normalized spacial score (nSPS) is 10.8. The molecule has 0 aromatic heterocycles. The molecular weight excluding hydrogens is 231 g/mol. The Balaban J connectivity index is 2.47. The summed E-state index contributed by atoms with van der Waals surface area (Å²) in [6.07, 6.45) is 1.70. The van der Waals surface area contributed by atoms with Crippen LogP contribution in [0, 0.1) is 22.6 Å². The molecule has 0 atom stereocenters. The number of hydrogen-bond donors (Lipinski definition) is 1. The highest BCUT2D eigenvalue weighted by Crippen LogP contribution is 2.25. The minimum atomic E-state index is -0.317. The van der Waals surface area contributed by atoms with Crippen molar-refractivity contribution in [3.8, 4) is 11.8 Å². The van der Waals surface area contributed by atoms with Gasteiger partial charge in [-0.2, -0.15) is 5.26 Å². The number of anilines is 1. The number of methoxy groups -OCH3 is 1. The number of hydrogen-bond acceptors (Lipinski definition) is 3. The van der Waals surface area contributed by atoms with E-state index >= 15 is 0 Å². The fraction of sp³-hybridized carbons (Fsp3) is 0.500. The highest BCUT2D eigenvalue weighted by molar-refractivity contribution is 5.56. The molecule has 0 radical (unpaired) electrons. The number of nitriles is 1. The van der Waals surface area contributed by atoms with E-state index in [1.54, 1.807) is 6.07 Å². The average Bonchev–Trinajstić information content (AvgIpc) is 2.36. The molecule has 0 fully saturated rings. The summed E-state index contributed by atoms with van der Waals surface area (Å²) in [6, 6.07) is 6.67. The molecule has 3 nitrogen and oxygen atoms in total. The number of nitrogens with one attached hydrogen (secondary N) is 1. The number of rotatable bonds is 6. The van der Waals surface area contributed by atoms with Crippen molar-refractivity contribution in [3.63, 3.8) is 0 Å². The first-order valence-electron chi connectivity index (χ1n) is 5.97. The zero-order valence-corrected chi connectivity index (χ0v) is 11.1. The van der Waals surface area contributed by atoms with Gasteiger partial charge in [-0.05, 0) is 38.8 Å². The molecule has 0 aliphatic heterocycles. The summed E-state index contributed by atoms with van der Waals surface area (Å²) in [5.74, 6) is 0.178. The van der Waals surface area contributed by atoms with Crippen molar-refractivity contribution in [2.24, 2.45) is 5.41 Å². The van der Waals surface area contributed by atoms with Crippen molar-refractivity contribution < 1.29 is 9.13 Å². The van der Waals surface area contributed by atoms with E-state index in [0.29, 0.717) is 5.75 Å². The van der Waals surface area contributed by atoms with Crippen molar-refractivity contribution in [2.75, 3.05) is 19.0 Å². The number of nitrogens with zero attached hydrogens (tertiary/aromatic N) is 1. The third-order valence-corrected chi connectivity index (χ3v) is 2.76. The Labute approximate surface area is 108 Å². The van der Waals surface area contributed by atoms with Crippen molar-refractivity contribution in [1.29, 1.82) is 5.26 Å². The molecule has 0 saturated carbocycles. The highest BCUT2D eigenvalue weighted by atomic mass is 19.1. The summed E-state index contributed by atoms with van der Waals surface area (Å²) in [5.41, 5.74) is 0.475. The van der Waals surface area contributed by atoms with Crippen LogP contribution in [0.25, 0.3) is 0 Å². The summed E-state index contributed by atoms with van der Waals surface area (Å²) in [4.78, 5) is 0. The van der Waals surface area contributed by atoms with Crippen LogP contribution in [0.1, 0.15) is 26.7 Å². The van der Waals surface area contributed by atoms with E-state index in [9.17, 15) is 4.39 Å². The van der Waals surface area contributed by atoms with Crippen molar-refractivity contribution in [3.05, 3.63) is 24.0 Å². The molecule has 4 heteroatoms. The Morgan fingerprint density at radius 2 is 2.17 bits per heavy atom. The van der Waals surface area contributed by atoms with Gasteiger partial charge < -0.3 is 10.1 Å². The van der Waals surface area contributed by atoms with Gasteiger partial charge in [0.1, 0.15) is 11.6 Å². The summed E-state index contributed by atoms with van der Waals surface area (Å²) in [6.45, 7) is 4.57. The van der Waals surface area contributed by atoms with Crippen LogP contribution in [0.3, 0.4) is 0 Å². The summed E-state index contributed by atoms with van der Waals surface area (Å²) >= 11 is 0. The van der Waals surface area contributed by atoms with Gasteiger partial charge in [0, 0.05) is 12.6 Å². The van der Waals surface area contributed by atoms with Crippen LogP contribution < -0.4 is 10.1 Å². The molecular formula is C14H19FN2O. The Morgan fingerprint density at radius 3 is 2.78 bits per heavy atom. The fourth-order valence-corrected chi connectivity index (χ4v) is 1.62. The molecule has 0 aliphatic rings. The number of halogens is 1. The topological polar surface area (TPSA) is 45.0 Å².